The SMILES string of the molecule is NC(=O)C1CCN(C(=O)NCC2CCC(C(=O)O)O2)CC1. The zero-order valence-electron chi connectivity index (χ0n) is 11.8. The number of nitrogens with two attached hydrogens (primary N) is 1. The molecule has 0 radical (unpaired) electrons. The third-order valence-electron chi connectivity index (χ3n) is 4.05. The minimum Gasteiger partial charge on any atom is -0.479 e. The molecule has 21 heavy (non-hydrogen) atoms. The number of hydrogen-bond donors (Lipinski definition) is 3. The van der Waals surface area contributed by atoms with Crippen molar-refractivity contribution in [3.05, 3.63) is 0 Å². The van der Waals surface area contributed by atoms with Crippen LogP contribution >= 0.6 is 0 Å². The number of aliphatic carboxylic acids is 1. The summed E-state index contributed by atoms with van der Waals surface area (Å²) in [4.78, 5) is 35.4. The average molecular weight is 299 g/mol. The number of carboxylic acid groups (broad SMARTS) is 1. The summed E-state index contributed by atoms with van der Waals surface area (Å²) in [6, 6.07) is -0.208. The van der Waals surface area contributed by atoms with E-state index in [0.717, 1.165) is 0 Å². The van der Waals surface area contributed by atoms with Gasteiger partial charge in [0.25, 0.3) is 0 Å². The van der Waals surface area contributed by atoms with Crippen LogP contribution in [0.15, 0.2) is 0 Å². The lowest BCUT2D eigenvalue weighted by Gasteiger charge is -2.30. The summed E-state index contributed by atoms with van der Waals surface area (Å²) in [5.41, 5.74) is 5.25. The molecule has 0 aromatic rings. The van der Waals surface area contributed by atoms with E-state index in [4.69, 9.17) is 15.6 Å². The minimum atomic E-state index is -0.961. The van der Waals surface area contributed by atoms with Gasteiger partial charge in [-0.15, -0.1) is 0 Å². The second-order valence-corrected chi connectivity index (χ2v) is 5.51. The summed E-state index contributed by atoms with van der Waals surface area (Å²) in [5, 5.41) is 11.6. The minimum absolute atomic E-state index is 0.149. The first kappa shape index (κ1) is 15.6. The van der Waals surface area contributed by atoms with Gasteiger partial charge in [0.05, 0.1) is 6.10 Å². The van der Waals surface area contributed by atoms with Crippen molar-refractivity contribution in [3.63, 3.8) is 0 Å². The number of carbonyl (C=O) groups is 3. The number of carboxylic acids is 1. The summed E-state index contributed by atoms with van der Waals surface area (Å²) >= 11 is 0. The Kier molecular flexibility index (Phi) is 5.00. The van der Waals surface area contributed by atoms with Crippen LogP contribution in [0, 0.1) is 5.92 Å². The van der Waals surface area contributed by atoms with E-state index in [0.29, 0.717) is 45.3 Å². The first-order chi connectivity index (χ1) is 9.97. The van der Waals surface area contributed by atoms with Crippen molar-refractivity contribution in [3.8, 4) is 0 Å². The van der Waals surface area contributed by atoms with Crippen LogP contribution in [-0.4, -0.2) is 59.8 Å². The highest BCUT2D eigenvalue weighted by atomic mass is 16.5. The molecule has 2 saturated heterocycles. The molecule has 0 aliphatic carbocycles. The lowest BCUT2D eigenvalue weighted by molar-refractivity contribution is -0.149. The molecular formula is C13H21N3O5. The molecule has 0 spiro atoms. The van der Waals surface area contributed by atoms with Crippen LogP contribution in [0.3, 0.4) is 0 Å². The molecule has 2 rings (SSSR count). The molecular weight excluding hydrogens is 278 g/mol. The van der Waals surface area contributed by atoms with E-state index < -0.39 is 12.1 Å². The molecule has 0 saturated carbocycles. The largest absolute Gasteiger partial charge is 0.479 e. The Hall–Kier alpha value is -1.83. The van der Waals surface area contributed by atoms with E-state index >= 15 is 0 Å². The first-order valence-electron chi connectivity index (χ1n) is 7.17. The predicted octanol–water partition coefficient (Wildman–Crippen LogP) is -0.474. The van der Waals surface area contributed by atoms with E-state index in [1.807, 2.05) is 0 Å². The van der Waals surface area contributed by atoms with Crippen LogP contribution < -0.4 is 11.1 Å². The molecule has 4 N–H and O–H groups in total. The number of carbonyl (C=O) groups excluding carboxylic acids is 2. The number of amides is 3. The van der Waals surface area contributed by atoms with E-state index in [1.54, 1.807) is 4.90 Å². The van der Waals surface area contributed by atoms with Gasteiger partial charge in [0, 0.05) is 25.6 Å². The summed E-state index contributed by atoms with van der Waals surface area (Å²) in [6.07, 6.45) is 1.26. The highest BCUT2D eigenvalue weighted by molar-refractivity contribution is 5.78. The van der Waals surface area contributed by atoms with Crippen LogP contribution in [0.4, 0.5) is 4.79 Å². The second-order valence-electron chi connectivity index (χ2n) is 5.51. The molecule has 0 aromatic heterocycles. The lowest BCUT2D eigenvalue weighted by Crippen LogP contribution is -2.47. The number of nitrogens with one attached hydrogen (secondary N) is 1. The number of ether oxygens (including phenoxy) is 1. The monoisotopic (exact) mass is 299 g/mol. The van der Waals surface area contributed by atoms with E-state index in [1.165, 1.54) is 0 Å². The molecule has 8 heteroatoms. The van der Waals surface area contributed by atoms with Crippen molar-refractivity contribution in [1.29, 1.82) is 0 Å². The van der Waals surface area contributed by atoms with Gasteiger partial charge in [0.2, 0.25) is 5.91 Å². The standard InChI is InChI=1S/C13H21N3O5/c14-11(17)8-3-5-16(6-4-8)13(20)15-7-9-1-2-10(21-9)12(18)19/h8-10H,1-7H2,(H2,14,17)(H,15,20)(H,18,19). The number of primary amides is 1. The molecule has 0 bridgehead atoms. The maximum absolute atomic E-state index is 12.0. The maximum Gasteiger partial charge on any atom is 0.332 e. The number of likely N-dealkylation sites (tertiary alicyclic amines) is 1. The van der Waals surface area contributed by atoms with Crippen LogP contribution in [0.5, 0.6) is 0 Å². The molecule has 2 aliphatic heterocycles. The number of nitrogens with zero attached hydrogens (tertiary/aromatic N) is 1. The van der Waals surface area contributed by atoms with Crippen molar-refractivity contribution in [2.45, 2.75) is 37.9 Å². The third kappa shape index (κ3) is 4.07. The first-order valence-corrected chi connectivity index (χ1v) is 7.17. The number of piperidine rings is 1. The molecule has 2 heterocycles. The Morgan fingerprint density at radius 2 is 1.86 bits per heavy atom. The van der Waals surface area contributed by atoms with Gasteiger partial charge >= 0.3 is 12.0 Å². The average Bonchev–Trinajstić information content (AvgIpc) is 2.94. The van der Waals surface area contributed by atoms with Crippen LogP contribution in [-0.2, 0) is 14.3 Å². The maximum atomic E-state index is 12.0. The van der Waals surface area contributed by atoms with Crippen molar-refractivity contribution in [2.24, 2.45) is 11.7 Å². The third-order valence-corrected chi connectivity index (χ3v) is 4.05. The highest BCUT2D eigenvalue weighted by Gasteiger charge is 2.31. The van der Waals surface area contributed by atoms with Crippen molar-refractivity contribution in [1.82, 2.24) is 10.2 Å². The molecule has 2 unspecified atom stereocenters. The fourth-order valence-corrected chi connectivity index (χ4v) is 2.72. The second kappa shape index (κ2) is 6.75. The zero-order chi connectivity index (χ0) is 15.4. The van der Waals surface area contributed by atoms with Gasteiger partial charge in [0.1, 0.15) is 0 Å². The molecule has 8 nitrogen and oxygen atoms in total. The normalized spacial score (nSPS) is 26.6. The molecule has 2 atom stereocenters. The highest BCUT2D eigenvalue weighted by Crippen LogP contribution is 2.20. The summed E-state index contributed by atoms with van der Waals surface area (Å²) in [5.74, 6) is -1.42. The Morgan fingerprint density at radius 3 is 2.38 bits per heavy atom. The van der Waals surface area contributed by atoms with Crippen LogP contribution in [0.25, 0.3) is 0 Å². The molecule has 2 aliphatic rings. The predicted molar refractivity (Wildman–Crippen MR) is 72.4 cm³/mol. The quantitative estimate of drug-likeness (QED) is 0.647. The summed E-state index contributed by atoms with van der Waals surface area (Å²) in [6.45, 7) is 1.31. The Labute approximate surface area is 122 Å². The van der Waals surface area contributed by atoms with Crippen molar-refractivity contribution < 1.29 is 24.2 Å². The fraction of sp³-hybridized carbons (Fsp3) is 0.769. The Balaban J connectivity index is 1.69. The van der Waals surface area contributed by atoms with Crippen LogP contribution in [0.2, 0.25) is 0 Å². The molecule has 118 valence electrons. The molecule has 3 amide bonds. The Morgan fingerprint density at radius 1 is 1.19 bits per heavy atom. The van der Waals surface area contributed by atoms with Gasteiger partial charge in [-0.25, -0.2) is 9.59 Å². The van der Waals surface area contributed by atoms with Gasteiger partial charge < -0.3 is 25.8 Å². The van der Waals surface area contributed by atoms with Gasteiger partial charge in [-0.1, -0.05) is 0 Å². The fourth-order valence-electron chi connectivity index (χ4n) is 2.72. The lowest BCUT2D eigenvalue weighted by atomic mass is 9.96. The smallest absolute Gasteiger partial charge is 0.332 e. The van der Waals surface area contributed by atoms with Crippen LogP contribution in [0.1, 0.15) is 25.7 Å². The van der Waals surface area contributed by atoms with Gasteiger partial charge in [-0.3, -0.25) is 4.79 Å². The summed E-state index contributed by atoms with van der Waals surface area (Å²) < 4.78 is 5.32. The number of urea groups is 1. The topological polar surface area (TPSA) is 122 Å². The van der Waals surface area contributed by atoms with Gasteiger partial charge in [-0.2, -0.15) is 0 Å². The summed E-state index contributed by atoms with van der Waals surface area (Å²) in [7, 11) is 0. The van der Waals surface area contributed by atoms with Gasteiger partial charge in [-0.05, 0) is 25.7 Å². The zero-order valence-corrected chi connectivity index (χ0v) is 11.8. The molecule has 2 fully saturated rings. The van der Waals surface area contributed by atoms with Crippen molar-refractivity contribution >= 4 is 17.9 Å². The van der Waals surface area contributed by atoms with E-state index in [9.17, 15) is 14.4 Å². The van der Waals surface area contributed by atoms with E-state index in [2.05, 4.69) is 5.32 Å². The Bertz CT molecular complexity index is 420. The molecule has 0 aromatic carbocycles. The van der Waals surface area contributed by atoms with E-state index in [-0.39, 0.29) is 24.0 Å². The van der Waals surface area contributed by atoms with Crippen molar-refractivity contribution in [2.75, 3.05) is 19.6 Å². The van der Waals surface area contributed by atoms with Gasteiger partial charge in [0.15, 0.2) is 6.10 Å². The number of hydrogen-bond acceptors (Lipinski definition) is 4. The number of rotatable bonds is 4.